The van der Waals surface area contributed by atoms with Gasteiger partial charge in [-0.1, -0.05) is 0 Å². The molecule has 0 bridgehead atoms. The molecule has 7 nitrogen and oxygen atoms in total. The highest BCUT2D eigenvalue weighted by atomic mass is 16.5. The fourth-order valence-corrected chi connectivity index (χ4v) is 1.99. The van der Waals surface area contributed by atoms with Crippen LogP contribution in [0.5, 0.6) is 5.75 Å². The molecule has 0 fully saturated rings. The van der Waals surface area contributed by atoms with Gasteiger partial charge >= 0.3 is 6.03 Å². The van der Waals surface area contributed by atoms with Crippen LogP contribution in [0.2, 0.25) is 0 Å². The van der Waals surface area contributed by atoms with Crippen LogP contribution in [0.1, 0.15) is 12.5 Å². The molecule has 0 heterocycles. The number of urea groups is 1. The van der Waals surface area contributed by atoms with Crippen molar-refractivity contribution < 1.29 is 14.3 Å². The SMILES string of the molecule is COc1ccc(NC(=O)Nc2ccc(C#N)cc2)cc1NC(C)=O. The molecule has 2 aromatic rings. The van der Waals surface area contributed by atoms with E-state index in [0.717, 1.165) is 0 Å². The summed E-state index contributed by atoms with van der Waals surface area (Å²) in [4.78, 5) is 23.2. The zero-order chi connectivity index (χ0) is 17.5. The highest BCUT2D eigenvalue weighted by Crippen LogP contribution is 2.27. The summed E-state index contributed by atoms with van der Waals surface area (Å²) in [7, 11) is 1.49. The lowest BCUT2D eigenvalue weighted by Gasteiger charge is -2.12. The molecular weight excluding hydrogens is 308 g/mol. The van der Waals surface area contributed by atoms with Crippen LogP contribution in [-0.4, -0.2) is 19.0 Å². The smallest absolute Gasteiger partial charge is 0.323 e. The van der Waals surface area contributed by atoms with E-state index in [-0.39, 0.29) is 5.91 Å². The lowest BCUT2D eigenvalue weighted by atomic mass is 10.2. The molecule has 122 valence electrons. The zero-order valence-corrected chi connectivity index (χ0v) is 13.2. The monoisotopic (exact) mass is 324 g/mol. The van der Waals surface area contributed by atoms with Crippen molar-refractivity contribution in [1.82, 2.24) is 0 Å². The molecule has 2 aromatic carbocycles. The van der Waals surface area contributed by atoms with Crippen molar-refractivity contribution >= 4 is 29.0 Å². The van der Waals surface area contributed by atoms with Gasteiger partial charge in [0, 0.05) is 18.3 Å². The third-order valence-corrected chi connectivity index (χ3v) is 3.04. The van der Waals surface area contributed by atoms with E-state index in [9.17, 15) is 9.59 Å². The van der Waals surface area contributed by atoms with Crippen LogP contribution in [0.4, 0.5) is 21.9 Å². The van der Waals surface area contributed by atoms with E-state index in [0.29, 0.717) is 28.4 Å². The van der Waals surface area contributed by atoms with Crippen molar-refractivity contribution in [1.29, 1.82) is 5.26 Å². The van der Waals surface area contributed by atoms with Crippen LogP contribution >= 0.6 is 0 Å². The van der Waals surface area contributed by atoms with Gasteiger partial charge in [-0.15, -0.1) is 0 Å². The van der Waals surface area contributed by atoms with Gasteiger partial charge in [-0.3, -0.25) is 4.79 Å². The molecule has 3 N–H and O–H groups in total. The van der Waals surface area contributed by atoms with Gasteiger partial charge in [0.15, 0.2) is 0 Å². The topological polar surface area (TPSA) is 103 Å². The van der Waals surface area contributed by atoms with Crippen molar-refractivity contribution in [3.8, 4) is 11.8 Å². The molecule has 0 unspecified atom stereocenters. The lowest BCUT2D eigenvalue weighted by molar-refractivity contribution is -0.114. The predicted octanol–water partition coefficient (Wildman–Crippen LogP) is 3.17. The number of methoxy groups -OCH3 is 1. The number of carbonyl (C=O) groups is 2. The minimum Gasteiger partial charge on any atom is -0.495 e. The van der Waals surface area contributed by atoms with E-state index in [1.807, 2.05) is 6.07 Å². The number of amides is 3. The third kappa shape index (κ3) is 4.48. The average Bonchev–Trinajstić information content (AvgIpc) is 2.55. The Hall–Kier alpha value is -3.53. The molecule has 0 aliphatic rings. The van der Waals surface area contributed by atoms with E-state index in [4.69, 9.17) is 10.00 Å². The molecule has 0 aliphatic carbocycles. The van der Waals surface area contributed by atoms with Gasteiger partial charge in [0.05, 0.1) is 24.4 Å². The first kappa shape index (κ1) is 16.8. The van der Waals surface area contributed by atoms with Crippen LogP contribution in [0.15, 0.2) is 42.5 Å². The Morgan fingerprint density at radius 1 is 1.00 bits per heavy atom. The van der Waals surface area contributed by atoms with Gasteiger partial charge in [-0.2, -0.15) is 5.26 Å². The summed E-state index contributed by atoms with van der Waals surface area (Å²) in [5.41, 5.74) is 2.02. The quantitative estimate of drug-likeness (QED) is 0.803. The second-order valence-corrected chi connectivity index (χ2v) is 4.86. The van der Waals surface area contributed by atoms with E-state index in [1.165, 1.54) is 14.0 Å². The second-order valence-electron chi connectivity index (χ2n) is 4.86. The standard InChI is InChI=1S/C17H16N4O3/c1-11(22)19-15-9-14(7-8-16(15)24-2)21-17(23)20-13-5-3-12(10-18)4-6-13/h3-9H,1-2H3,(H,19,22)(H2,20,21,23). The normalized spacial score (nSPS) is 9.54. The number of anilines is 3. The fourth-order valence-electron chi connectivity index (χ4n) is 1.99. The van der Waals surface area contributed by atoms with E-state index < -0.39 is 6.03 Å². The first-order valence-electron chi connectivity index (χ1n) is 7.05. The van der Waals surface area contributed by atoms with Crippen LogP contribution < -0.4 is 20.7 Å². The number of rotatable bonds is 4. The highest BCUT2D eigenvalue weighted by molar-refractivity contribution is 6.00. The van der Waals surface area contributed by atoms with Crippen molar-refractivity contribution in [2.24, 2.45) is 0 Å². The molecular formula is C17H16N4O3. The summed E-state index contributed by atoms with van der Waals surface area (Å²) < 4.78 is 5.15. The first-order chi connectivity index (χ1) is 11.5. The molecule has 7 heteroatoms. The number of nitrogens with one attached hydrogen (secondary N) is 3. The van der Waals surface area contributed by atoms with Crippen molar-refractivity contribution in [3.05, 3.63) is 48.0 Å². The maximum atomic E-state index is 12.0. The summed E-state index contributed by atoms with van der Waals surface area (Å²) in [5, 5.41) is 16.7. The Bertz CT molecular complexity index is 794. The minimum atomic E-state index is -0.446. The Balaban J connectivity index is 2.07. The number of hydrogen-bond acceptors (Lipinski definition) is 4. The molecule has 0 atom stereocenters. The van der Waals surface area contributed by atoms with Crippen molar-refractivity contribution in [3.63, 3.8) is 0 Å². The summed E-state index contributed by atoms with van der Waals surface area (Å²) >= 11 is 0. The number of carbonyl (C=O) groups excluding carboxylic acids is 2. The van der Waals surface area contributed by atoms with Gasteiger partial charge in [-0.25, -0.2) is 4.79 Å². The molecule has 0 aromatic heterocycles. The fraction of sp³-hybridized carbons (Fsp3) is 0.118. The van der Waals surface area contributed by atoms with Crippen LogP contribution in [0.3, 0.4) is 0 Å². The van der Waals surface area contributed by atoms with Gasteiger partial charge in [0.2, 0.25) is 5.91 Å². The van der Waals surface area contributed by atoms with Crippen LogP contribution in [-0.2, 0) is 4.79 Å². The minimum absolute atomic E-state index is 0.243. The Morgan fingerprint density at radius 2 is 1.62 bits per heavy atom. The number of ether oxygens (including phenoxy) is 1. The second kappa shape index (κ2) is 7.65. The van der Waals surface area contributed by atoms with Gasteiger partial charge in [0.25, 0.3) is 0 Å². The molecule has 3 amide bonds. The number of hydrogen-bond donors (Lipinski definition) is 3. The Morgan fingerprint density at radius 3 is 2.21 bits per heavy atom. The van der Waals surface area contributed by atoms with Crippen molar-refractivity contribution in [2.75, 3.05) is 23.1 Å². The molecule has 0 saturated heterocycles. The van der Waals surface area contributed by atoms with Crippen LogP contribution in [0, 0.1) is 11.3 Å². The summed E-state index contributed by atoms with van der Waals surface area (Å²) in [6, 6.07) is 12.9. The number of benzene rings is 2. The van der Waals surface area contributed by atoms with Crippen molar-refractivity contribution in [2.45, 2.75) is 6.92 Å². The average molecular weight is 324 g/mol. The first-order valence-corrected chi connectivity index (χ1v) is 7.05. The highest BCUT2D eigenvalue weighted by Gasteiger charge is 2.08. The molecule has 24 heavy (non-hydrogen) atoms. The summed E-state index contributed by atoms with van der Waals surface area (Å²) in [5.74, 6) is 0.246. The summed E-state index contributed by atoms with van der Waals surface area (Å²) in [6.45, 7) is 1.39. The molecule has 0 radical (unpaired) electrons. The third-order valence-electron chi connectivity index (χ3n) is 3.04. The van der Waals surface area contributed by atoms with Gasteiger partial charge in [-0.05, 0) is 42.5 Å². The van der Waals surface area contributed by atoms with E-state index in [2.05, 4.69) is 16.0 Å². The predicted molar refractivity (Wildman–Crippen MR) is 91.1 cm³/mol. The molecule has 2 rings (SSSR count). The maximum absolute atomic E-state index is 12.0. The lowest BCUT2D eigenvalue weighted by Crippen LogP contribution is -2.19. The van der Waals surface area contributed by atoms with Gasteiger partial charge < -0.3 is 20.7 Å². The maximum Gasteiger partial charge on any atom is 0.323 e. The molecule has 0 saturated carbocycles. The number of nitrogens with zero attached hydrogens (tertiary/aromatic N) is 1. The zero-order valence-electron chi connectivity index (χ0n) is 13.2. The van der Waals surface area contributed by atoms with Crippen LogP contribution in [0.25, 0.3) is 0 Å². The van der Waals surface area contributed by atoms with E-state index >= 15 is 0 Å². The molecule has 0 spiro atoms. The van der Waals surface area contributed by atoms with E-state index in [1.54, 1.807) is 42.5 Å². The van der Waals surface area contributed by atoms with Gasteiger partial charge in [0.1, 0.15) is 5.75 Å². The Labute approximate surface area is 139 Å². The largest absolute Gasteiger partial charge is 0.495 e. The Kier molecular flexibility index (Phi) is 5.36. The summed E-state index contributed by atoms with van der Waals surface area (Å²) in [6.07, 6.45) is 0. The molecule has 0 aliphatic heterocycles. The number of nitriles is 1.